The highest BCUT2D eigenvalue weighted by molar-refractivity contribution is 7.15. The standard InChI is InChI=1S/C16H18OS.C10H22.C3H4N2O.CH4/c1-4-13-10-15(16-8-5-12(3)18-16)7-6-14(13)9-11(2)17;1-3-5-7-9-10-8-6-4-2;4-1-2-5-3-6;/h5-8,10H,4,9H2,1-3H3;3-10H2,1-2H3;3H,2H2,(H,5,6);1H4. The molecule has 0 spiro atoms. The van der Waals surface area contributed by atoms with Gasteiger partial charge >= 0.3 is 0 Å². The van der Waals surface area contributed by atoms with Crippen molar-refractivity contribution in [1.82, 2.24) is 5.32 Å². The van der Waals surface area contributed by atoms with Crippen LogP contribution in [0.3, 0.4) is 0 Å². The third kappa shape index (κ3) is 17.6. The summed E-state index contributed by atoms with van der Waals surface area (Å²) in [6.45, 7) is 10.6. The highest BCUT2D eigenvalue weighted by Gasteiger charge is 2.07. The summed E-state index contributed by atoms with van der Waals surface area (Å²) in [5.74, 6) is 0.226. The Morgan fingerprint density at radius 1 is 0.971 bits per heavy atom. The molecule has 0 saturated heterocycles. The van der Waals surface area contributed by atoms with Crippen LogP contribution in [-0.4, -0.2) is 18.7 Å². The van der Waals surface area contributed by atoms with Gasteiger partial charge in [-0.1, -0.05) is 97.8 Å². The number of rotatable bonds is 13. The van der Waals surface area contributed by atoms with Crippen molar-refractivity contribution in [2.45, 2.75) is 106 Å². The van der Waals surface area contributed by atoms with Crippen LogP contribution < -0.4 is 5.32 Å². The summed E-state index contributed by atoms with van der Waals surface area (Å²) in [6.07, 6.45) is 13.5. The Morgan fingerprint density at radius 2 is 1.57 bits per heavy atom. The van der Waals surface area contributed by atoms with Crippen molar-refractivity contribution < 1.29 is 9.59 Å². The third-order valence-corrected chi connectivity index (χ3v) is 6.32. The minimum Gasteiger partial charge on any atom is -0.346 e. The monoisotopic (exact) mass is 500 g/mol. The molecule has 0 bridgehead atoms. The van der Waals surface area contributed by atoms with Gasteiger partial charge in [-0.2, -0.15) is 5.26 Å². The van der Waals surface area contributed by atoms with Crippen LogP contribution in [0.1, 0.15) is 102 Å². The van der Waals surface area contributed by atoms with E-state index in [1.165, 1.54) is 77.8 Å². The molecule has 0 fully saturated rings. The van der Waals surface area contributed by atoms with E-state index in [-0.39, 0.29) is 19.8 Å². The van der Waals surface area contributed by atoms with E-state index >= 15 is 0 Å². The molecule has 0 aliphatic carbocycles. The second-order valence-electron chi connectivity index (χ2n) is 8.40. The highest BCUT2D eigenvalue weighted by Crippen LogP contribution is 2.29. The van der Waals surface area contributed by atoms with E-state index in [9.17, 15) is 9.59 Å². The van der Waals surface area contributed by atoms with Gasteiger partial charge in [0.25, 0.3) is 0 Å². The molecule has 5 heteroatoms. The molecule has 4 nitrogen and oxygen atoms in total. The summed E-state index contributed by atoms with van der Waals surface area (Å²) >= 11 is 1.81. The van der Waals surface area contributed by atoms with Crippen molar-refractivity contribution in [3.8, 4) is 16.5 Å². The van der Waals surface area contributed by atoms with Crippen molar-refractivity contribution in [2.75, 3.05) is 6.54 Å². The molecule has 1 N–H and O–H groups in total. The Bertz CT molecular complexity index is 844. The number of unbranched alkanes of at least 4 members (excludes halogenated alkanes) is 7. The van der Waals surface area contributed by atoms with Gasteiger partial charge in [0.15, 0.2) is 0 Å². The summed E-state index contributed by atoms with van der Waals surface area (Å²) in [4.78, 5) is 23.2. The molecule has 1 aromatic heterocycles. The molecule has 0 aliphatic heterocycles. The lowest BCUT2D eigenvalue weighted by molar-refractivity contribution is -0.116. The van der Waals surface area contributed by atoms with Crippen LogP contribution in [0.2, 0.25) is 0 Å². The number of hydrogen-bond acceptors (Lipinski definition) is 4. The van der Waals surface area contributed by atoms with Crippen molar-refractivity contribution in [3.63, 3.8) is 0 Å². The first-order chi connectivity index (χ1) is 16.4. The van der Waals surface area contributed by atoms with Crippen LogP contribution in [0.25, 0.3) is 10.4 Å². The van der Waals surface area contributed by atoms with Crippen LogP contribution >= 0.6 is 11.3 Å². The van der Waals surface area contributed by atoms with Gasteiger partial charge in [-0.15, -0.1) is 11.3 Å². The Labute approximate surface area is 219 Å². The number of thiophene rings is 1. The lowest BCUT2D eigenvalue weighted by Crippen LogP contribution is -2.09. The summed E-state index contributed by atoms with van der Waals surface area (Å²) in [5.41, 5.74) is 3.72. The minimum atomic E-state index is 0. The summed E-state index contributed by atoms with van der Waals surface area (Å²) in [7, 11) is 0. The number of carbonyl (C=O) groups is 2. The Morgan fingerprint density at radius 3 is 1.97 bits per heavy atom. The third-order valence-electron chi connectivity index (χ3n) is 5.27. The molecule has 2 aromatic rings. The van der Waals surface area contributed by atoms with E-state index in [1.807, 2.05) is 11.3 Å². The molecule has 0 atom stereocenters. The maximum Gasteiger partial charge on any atom is 0.207 e. The number of Topliss-reactive ketones (excluding diaryl/α,β-unsaturated/α-hetero) is 1. The average molecular weight is 501 g/mol. The van der Waals surface area contributed by atoms with Gasteiger partial charge in [0, 0.05) is 16.2 Å². The fourth-order valence-electron chi connectivity index (χ4n) is 3.43. The number of amides is 1. The van der Waals surface area contributed by atoms with Crippen LogP contribution in [0.15, 0.2) is 30.3 Å². The van der Waals surface area contributed by atoms with Gasteiger partial charge in [0.05, 0.1) is 6.07 Å². The number of nitrogens with one attached hydrogen (secondary N) is 1. The number of ketones is 1. The van der Waals surface area contributed by atoms with Crippen molar-refractivity contribution in [1.29, 1.82) is 5.26 Å². The van der Waals surface area contributed by atoms with E-state index in [0.717, 1.165) is 6.42 Å². The molecule has 1 heterocycles. The first kappa shape index (κ1) is 34.7. The van der Waals surface area contributed by atoms with Gasteiger partial charge in [0.1, 0.15) is 12.3 Å². The zero-order valence-electron chi connectivity index (χ0n) is 21.9. The SMILES string of the molecule is C.CCCCCCCCCC.CCc1cc(-c2ccc(C)s2)ccc1CC(C)=O.N#CCNC=O. The lowest BCUT2D eigenvalue weighted by atomic mass is 9.98. The quantitative estimate of drug-likeness (QED) is 0.170. The van der Waals surface area contributed by atoms with Gasteiger partial charge in [-0.3, -0.25) is 9.59 Å². The average Bonchev–Trinajstić information content (AvgIpc) is 3.27. The Balaban J connectivity index is 0. The normalized spacial score (nSPS) is 9.37. The second kappa shape index (κ2) is 23.3. The van der Waals surface area contributed by atoms with Crippen molar-refractivity contribution in [3.05, 3.63) is 46.3 Å². The van der Waals surface area contributed by atoms with E-state index < -0.39 is 0 Å². The van der Waals surface area contributed by atoms with Crippen LogP contribution in [0.4, 0.5) is 0 Å². The maximum absolute atomic E-state index is 11.2. The predicted molar refractivity (Wildman–Crippen MR) is 153 cm³/mol. The first-order valence-corrected chi connectivity index (χ1v) is 13.5. The van der Waals surface area contributed by atoms with E-state index in [2.05, 4.69) is 63.3 Å². The van der Waals surface area contributed by atoms with E-state index in [0.29, 0.717) is 12.8 Å². The number of hydrogen-bond donors (Lipinski definition) is 1. The zero-order valence-corrected chi connectivity index (χ0v) is 22.7. The fraction of sp³-hybridized carbons (Fsp3) is 0.567. The molecule has 0 saturated carbocycles. The number of aryl methyl sites for hydroxylation is 2. The first-order valence-electron chi connectivity index (χ1n) is 12.6. The minimum absolute atomic E-state index is 0. The molecule has 196 valence electrons. The number of benzene rings is 1. The van der Waals surface area contributed by atoms with Crippen molar-refractivity contribution >= 4 is 23.5 Å². The molecule has 0 unspecified atom stereocenters. The van der Waals surface area contributed by atoms with Crippen LogP contribution in [0.5, 0.6) is 0 Å². The molecule has 0 radical (unpaired) electrons. The van der Waals surface area contributed by atoms with E-state index in [4.69, 9.17) is 5.26 Å². The maximum atomic E-state index is 11.2. The smallest absolute Gasteiger partial charge is 0.207 e. The topological polar surface area (TPSA) is 70.0 Å². The Kier molecular flexibility index (Phi) is 23.1. The van der Waals surface area contributed by atoms with Crippen molar-refractivity contribution in [2.24, 2.45) is 0 Å². The van der Waals surface area contributed by atoms with Gasteiger partial charge in [-0.05, 0) is 49.1 Å². The number of nitrogens with zero attached hydrogens (tertiary/aromatic N) is 1. The molecular formula is C30H48N2O2S. The largest absolute Gasteiger partial charge is 0.346 e. The second-order valence-corrected chi connectivity index (χ2v) is 9.69. The summed E-state index contributed by atoms with van der Waals surface area (Å²) < 4.78 is 0. The fourth-order valence-corrected chi connectivity index (χ4v) is 4.30. The molecule has 1 amide bonds. The molecular weight excluding hydrogens is 452 g/mol. The van der Waals surface area contributed by atoms with Gasteiger partial charge in [0.2, 0.25) is 6.41 Å². The lowest BCUT2D eigenvalue weighted by Gasteiger charge is -2.08. The zero-order chi connectivity index (χ0) is 25.6. The number of nitriles is 1. The van der Waals surface area contributed by atoms with Gasteiger partial charge in [-0.25, -0.2) is 0 Å². The highest BCUT2D eigenvalue weighted by atomic mass is 32.1. The molecule has 2 rings (SSSR count). The van der Waals surface area contributed by atoms with Crippen LogP contribution in [0, 0.1) is 18.3 Å². The predicted octanol–water partition coefficient (Wildman–Crippen LogP) is 8.46. The Hall–Kier alpha value is -2.45. The summed E-state index contributed by atoms with van der Waals surface area (Å²) in [6, 6.07) is 12.5. The van der Waals surface area contributed by atoms with Gasteiger partial charge < -0.3 is 5.32 Å². The van der Waals surface area contributed by atoms with E-state index in [1.54, 1.807) is 13.0 Å². The molecule has 0 aliphatic rings. The summed E-state index contributed by atoms with van der Waals surface area (Å²) in [5, 5.41) is 9.88. The molecule has 1 aromatic carbocycles. The van der Waals surface area contributed by atoms with Crippen LogP contribution in [-0.2, 0) is 22.4 Å². The molecule has 35 heavy (non-hydrogen) atoms. The number of carbonyl (C=O) groups excluding carboxylic acids is 2.